The molecule has 0 unspecified atom stereocenters. The molecule has 0 heterocycles. The van der Waals surface area contributed by atoms with Crippen LogP contribution in [-0.4, -0.2) is 6.54 Å². The Morgan fingerprint density at radius 3 is 2.76 bits per heavy atom. The molecule has 0 aromatic heterocycles. The van der Waals surface area contributed by atoms with Gasteiger partial charge >= 0.3 is 0 Å². The van der Waals surface area contributed by atoms with Gasteiger partial charge < -0.3 is 5.32 Å². The second-order valence-corrected chi connectivity index (χ2v) is 3.84. The maximum atomic E-state index is 13.5. The first-order chi connectivity index (χ1) is 8.19. The minimum atomic E-state index is -0.564. The summed E-state index contributed by atoms with van der Waals surface area (Å²) in [5.74, 6) is -1.09. The molecule has 0 amide bonds. The minimum absolute atomic E-state index is 0.130. The number of rotatable bonds is 6. The summed E-state index contributed by atoms with van der Waals surface area (Å²) in [6.07, 6.45) is 1.93. The maximum Gasteiger partial charge on any atom is 0.130 e. The summed E-state index contributed by atoms with van der Waals surface area (Å²) in [5, 5.41) is 11.6. The van der Waals surface area contributed by atoms with Crippen LogP contribution in [0.5, 0.6) is 0 Å². The number of unbranched alkanes of at least 4 members (excludes halogenated alkanes) is 1. The molecule has 0 aliphatic carbocycles. The van der Waals surface area contributed by atoms with Crippen LogP contribution in [0.25, 0.3) is 0 Å². The molecule has 1 atom stereocenters. The maximum absolute atomic E-state index is 13.5. The van der Waals surface area contributed by atoms with Crippen LogP contribution >= 0.6 is 0 Å². The van der Waals surface area contributed by atoms with Crippen LogP contribution in [0, 0.1) is 23.0 Å². The number of nitrogens with zero attached hydrogens (tertiary/aromatic N) is 1. The second kappa shape index (κ2) is 6.97. The van der Waals surface area contributed by atoms with Gasteiger partial charge in [0.05, 0.1) is 6.07 Å². The number of halogens is 2. The number of nitrogens with one attached hydrogen (secondary N) is 1. The van der Waals surface area contributed by atoms with E-state index in [1.54, 1.807) is 0 Å². The Morgan fingerprint density at radius 1 is 1.41 bits per heavy atom. The second-order valence-electron chi connectivity index (χ2n) is 3.84. The summed E-state index contributed by atoms with van der Waals surface area (Å²) < 4.78 is 26.3. The van der Waals surface area contributed by atoms with Crippen molar-refractivity contribution in [3.05, 3.63) is 35.4 Å². The highest BCUT2D eigenvalue weighted by atomic mass is 19.1. The highest BCUT2D eigenvalue weighted by Gasteiger charge is 2.13. The average Bonchev–Trinajstić information content (AvgIpc) is 2.31. The van der Waals surface area contributed by atoms with E-state index in [0.29, 0.717) is 18.5 Å². The Hall–Kier alpha value is -1.47. The Bertz CT molecular complexity index is 399. The third-order valence-electron chi connectivity index (χ3n) is 2.60. The van der Waals surface area contributed by atoms with E-state index in [4.69, 9.17) is 5.26 Å². The molecule has 1 aromatic rings. The minimum Gasteiger partial charge on any atom is -0.310 e. The fourth-order valence-corrected chi connectivity index (χ4v) is 1.70. The molecule has 0 fully saturated rings. The molecule has 92 valence electrons. The molecule has 0 aliphatic rings. The van der Waals surface area contributed by atoms with E-state index in [1.807, 2.05) is 6.92 Å². The third kappa shape index (κ3) is 4.12. The molecule has 0 saturated heterocycles. The fourth-order valence-electron chi connectivity index (χ4n) is 1.70. The van der Waals surface area contributed by atoms with Gasteiger partial charge in [-0.1, -0.05) is 13.0 Å². The predicted octanol–water partition coefficient (Wildman–Crippen LogP) is 3.31. The van der Waals surface area contributed by atoms with E-state index in [-0.39, 0.29) is 6.04 Å². The highest BCUT2D eigenvalue weighted by Crippen LogP contribution is 2.20. The van der Waals surface area contributed by atoms with E-state index in [9.17, 15) is 8.78 Å². The van der Waals surface area contributed by atoms with E-state index >= 15 is 0 Å². The number of hydrogen-bond donors (Lipinski definition) is 1. The topological polar surface area (TPSA) is 35.8 Å². The molecule has 1 rings (SSSR count). The normalized spacial score (nSPS) is 12.1. The summed E-state index contributed by atoms with van der Waals surface area (Å²) in [5.41, 5.74) is 0.478. The molecular weight excluding hydrogens is 222 g/mol. The van der Waals surface area contributed by atoms with E-state index in [1.165, 1.54) is 12.1 Å². The van der Waals surface area contributed by atoms with E-state index in [2.05, 4.69) is 11.4 Å². The first-order valence-corrected chi connectivity index (χ1v) is 5.74. The largest absolute Gasteiger partial charge is 0.310 e. The Labute approximate surface area is 100 Å². The van der Waals surface area contributed by atoms with Gasteiger partial charge in [-0.25, -0.2) is 8.78 Å². The summed E-state index contributed by atoms with van der Waals surface area (Å²) in [7, 11) is 0. The lowest BCUT2D eigenvalue weighted by atomic mass is 10.0. The smallest absolute Gasteiger partial charge is 0.130 e. The Morgan fingerprint density at radius 2 is 2.18 bits per heavy atom. The quantitative estimate of drug-likeness (QED) is 0.772. The zero-order chi connectivity index (χ0) is 12.7. The first kappa shape index (κ1) is 13.6. The van der Waals surface area contributed by atoms with Crippen molar-refractivity contribution in [2.24, 2.45) is 0 Å². The fraction of sp³-hybridized carbons (Fsp3) is 0.462. The molecular formula is C13H16F2N2. The van der Waals surface area contributed by atoms with Gasteiger partial charge in [0, 0.05) is 24.1 Å². The molecule has 2 nitrogen and oxygen atoms in total. The SMILES string of the molecule is CC[C@@H](NCCCC#N)c1ccc(F)cc1F. The molecule has 4 heteroatoms. The van der Waals surface area contributed by atoms with Crippen LogP contribution in [0.2, 0.25) is 0 Å². The standard InChI is InChI=1S/C13H16F2N2/c1-2-13(17-8-4-3-7-16)11-6-5-10(14)9-12(11)15/h5-6,9,13,17H,2-4,8H2,1H3/t13-/m1/s1. The number of hydrogen-bond acceptors (Lipinski definition) is 2. The molecule has 0 saturated carbocycles. The third-order valence-corrected chi connectivity index (χ3v) is 2.60. The van der Waals surface area contributed by atoms with Crippen LogP contribution < -0.4 is 5.32 Å². The summed E-state index contributed by atoms with van der Waals surface area (Å²) in [6.45, 7) is 2.59. The van der Waals surface area contributed by atoms with Crippen molar-refractivity contribution in [1.82, 2.24) is 5.32 Å². The first-order valence-electron chi connectivity index (χ1n) is 5.74. The van der Waals surface area contributed by atoms with Gasteiger partial charge in [0.15, 0.2) is 0 Å². The summed E-state index contributed by atoms with van der Waals surface area (Å²) in [4.78, 5) is 0. The lowest BCUT2D eigenvalue weighted by Gasteiger charge is -2.17. The Balaban J connectivity index is 2.63. The van der Waals surface area contributed by atoms with Crippen molar-refractivity contribution < 1.29 is 8.78 Å². The average molecular weight is 238 g/mol. The number of nitriles is 1. The van der Waals surface area contributed by atoms with Crippen LogP contribution in [0.3, 0.4) is 0 Å². The van der Waals surface area contributed by atoms with Gasteiger partial charge in [-0.15, -0.1) is 0 Å². The van der Waals surface area contributed by atoms with E-state index < -0.39 is 11.6 Å². The summed E-state index contributed by atoms with van der Waals surface area (Å²) in [6, 6.07) is 5.55. The van der Waals surface area contributed by atoms with Crippen LogP contribution in [-0.2, 0) is 0 Å². The highest BCUT2D eigenvalue weighted by molar-refractivity contribution is 5.22. The Kier molecular flexibility index (Phi) is 5.58. The van der Waals surface area contributed by atoms with Crippen molar-refractivity contribution in [3.8, 4) is 6.07 Å². The van der Waals surface area contributed by atoms with E-state index in [0.717, 1.165) is 18.9 Å². The van der Waals surface area contributed by atoms with Crippen molar-refractivity contribution in [2.75, 3.05) is 6.54 Å². The van der Waals surface area contributed by atoms with Gasteiger partial charge in [0.1, 0.15) is 11.6 Å². The predicted molar refractivity (Wildman–Crippen MR) is 62.2 cm³/mol. The lowest BCUT2D eigenvalue weighted by molar-refractivity contribution is 0.480. The zero-order valence-corrected chi connectivity index (χ0v) is 9.84. The van der Waals surface area contributed by atoms with Gasteiger partial charge in [-0.2, -0.15) is 5.26 Å². The van der Waals surface area contributed by atoms with Crippen LogP contribution in [0.1, 0.15) is 37.8 Å². The summed E-state index contributed by atoms with van der Waals surface area (Å²) >= 11 is 0. The zero-order valence-electron chi connectivity index (χ0n) is 9.84. The number of benzene rings is 1. The van der Waals surface area contributed by atoms with Crippen molar-refractivity contribution in [3.63, 3.8) is 0 Å². The van der Waals surface area contributed by atoms with Gasteiger partial charge in [-0.05, 0) is 25.5 Å². The van der Waals surface area contributed by atoms with Gasteiger partial charge in [-0.3, -0.25) is 0 Å². The molecule has 0 spiro atoms. The van der Waals surface area contributed by atoms with Gasteiger partial charge in [0.2, 0.25) is 0 Å². The molecule has 0 radical (unpaired) electrons. The van der Waals surface area contributed by atoms with Crippen molar-refractivity contribution >= 4 is 0 Å². The van der Waals surface area contributed by atoms with Crippen molar-refractivity contribution in [1.29, 1.82) is 5.26 Å². The monoisotopic (exact) mass is 238 g/mol. The van der Waals surface area contributed by atoms with Crippen LogP contribution in [0.4, 0.5) is 8.78 Å². The molecule has 0 aliphatic heterocycles. The lowest BCUT2D eigenvalue weighted by Crippen LogP contribution is -2.22. The van der Waals surface area contributed by atoms with Crippen LogP contribution in [0.15, 0.2) is 18.2 Å². The van der Waals surface area contributed by atoms with Crippen molar-refractivity contribution in [2.45, 2.75) is 32.2 Å². The molecule has 0 bridgehead atoms. The molecule has 1 aromatic carbocycles. The molecule has 17 heavy (non-hydrogen) atoms. The van der Waals surface area contributed by atoms with Gasteiger partial charge in [0.25, 0.3) is 0 Å². The molecule has 1 N–H and O–H groups in total.